The first kappa shape index (κ1) is 16.7. The number of benzene rings is 1. The van der Waals surface area contributed by atoms with Crippen LogP contribution >= 0.6 is 0 Å². The maximum Gasteiger partial charge on any atom is 0.313 e. The Hall–Kier alpha value is -1.39. The lowest BCUT2D eigenvalue weighted by molar-refractivity contribution is -0.148. The Morgan fingerprint density at radius 3 is 2.30 bits per heavy atom. The number of hydrogen-bond acceptors (Lipinski definition) is 4. The molecular formula is C16H24O4. The Balaban J connectivity index is 2.58. The van der Waals surface area contributed by atoms with Gasteiger partial charge in [0.1, 0.15) is 12.7 Å². The number of carbonyl (C=O) groups excluding carboxylic acids is 1. The van der Waals surface area contributed by atoms with Crippen LogP contribution in [0.3, 0.4) is 0 Å². The highest BCUT2D eigenvalue weighted by atomic mass is 16.5. The molecule has 0 aliphatic rings. The second kappa shape index (κ2) is 8.02. The summed E-state index contributed by atoms with van der Waals surface area (Å²) in [5.74, 6) is -0.175. The molecule has 20 heavy (non-hydrogen) atoms. The topological polar surface area (TPSA) is 66.8 Å². The van der Waals surface area contributed by atoms with Crippen molar-refractivity contribution >= 4 is 5.97 Å². The Kier molecular flexibility index (Phi) is 6.68. The Morgan fingerprint density at radius 2 is 1.80 bits per heavy atom. The van der Waals surface area contributed by atoms with E-state index in [1.807, 2.05) is 24.3 Å². The summed E-state index contributed by atoms with van der Waals surface area (Å²) in [5, 5.41) is 17.8. The largest absolute Gasteiger partial charge is 0.462 e. The van der Waals surface area contributed by atoms with Gasteiger partial charge in [-0.25, -0.2) is 0 Å². The molecule has 2 N–H and O–H groups in total. The van der Waals surface area contributed by atoms with Crippen molar-refractivity contribution in [2.45, 2.75) is 39.2 Å². The smallest absolute Gasteiger partial charge is 0.313 e. The van der Waals surface area contributed by atoms with Gasteiger partial charge in [-0.05, 0) is 30.4 Å². The van der Waals surface area contributed by atoms with Crippen LogP contribution in [0.1, 0.15) is 37.8 Å². The van der Waals surface area contributed by atoms with Crippen molar-refractivity contribution in [3.63, 3.8) is 0 Å². The first-order chi connectivity index (χ1) is 9.43. The van der Waals surface area contributed by atoms with Crippen LogP contribution in [0, 0.1) is 5.92 Å². The molecule has 0 saturated heterocycles. The van der Waals surface area contributed by atoms with Crippen molar-refractivity contribution < 1.29 is 19.7 Å². The van der Waals surface area contributed by atoms with E-state index in [1.165, 1.54) is 5.56 Å². The van der Waals surface area contributed by atoms with Gasteiger partial charge < -0.3 is 14.9 Å². The van der Waals surface area contributed by atoms with Crippen LogP contribution < -0.4 is 0 Å². The summed E-state index contributed by atoms with van der Waals surface area (Å²) >= 11 is 0. The monoisotopic (exact) mass is 280 g/mol. The predicted octanol–water partition coefficient (Wildman–Crippen LogP) is 1.89. The summed E-state index contributed by atoms with van der Waals surface area (Å²) in [4.78, 5) is 11.8. The van der Waals surface area contributed by atoms with Crippen molar-refractivity contribution in [1.82, 2.24) is 0 Å². The standard InChI is InChI=1S/C16H24O4/c1-11(2)8-13-4-6-14(7-5-13)12(3)16(19)20-10-15(18)9-17/h4-7,11-12,15,17-18H,8-10H2,1-3H3/t12-,15?/m0/s1. The molecule has 0 spiro atoms. The minimum Gasteiger partial charge on any atom is -0.462 e. The third-order valence-corrected chi connectivity index (χ3v) is 3.11. The summed E-state index contributed by atoms with van der Waals surface area (Å²) in [5.41, 5.74) is 2.14. The average molecular weight is 280 g/mol. The maximum absolute atomic E-state index is 11.8. The van der Waals surface area contributed by atoms with Gasteiger partial charge in [0, 0.05) is 0 Å². The van der Waals surface area contributed by atoms with E-state index >= 15 is 0 Å². The number of rotatable bonds is 7. The molecule has 1 aromatic carbocycles. The number of hydrogen-bond donors (Lipinski definition) is 2. The van der Waals surface area contributed by atoms with E-state index in [0.717, 1.165) is 12.0 Å². The molecule has 0 aliphatic carbocycles. The first-order valence-corrected chi connectivity index (χ1v) is 6.98. The van der Waals surface area contributed by atoms with Gasteiger partial charge in [0.25, 0.3) is 0 Å². The van der Waals surface area contributed by atoms with Crippen LogP contribution in [-0.4, -0.2) is 35.5 Å². The Morgan fingerprint density at radius 1 is 1.20 bits per heavy atom. The van der Waals surface area contributed by atoms with Crippen molar-refractivity contribution in [3.8, 4) is 0 Å². The van der Waals surface area contributed by atoms with E-state index in [4.69, 9.17) is 14.9 Å². The van der Waals surface area contributed by atoms with Crippen LogP contribution in [0.15, 0.2) is 24.3 Å². The fourth-order valence-electron chi connectivity index (χ4n) is 1.91. The highest BCUT2D eigenvalue weighted by Crippen LogP contribution is 2.19. The summed E-state index contributed by atoms with van der Waals surface area (Å²) in [6.45, 7) is 5.52. The molecule has 0 aromatic heterocycles. The Labute approximate surface area is 120 Å². The lowest BCUT2D eigenvalue weighted by Crippen LogP contribution is -2.24. The zero-order chi connectivity index (χ0) is 15.1. The average Bonchev–Trinajstić information content (AvgIpc) is 2.43. The van der Waals surface area contributed by atoms with E-state index in [9.17, 15) is 4.79 Å². The molecule has 1 rings (SSSR count). The fraction of sp³-hybridized carbons (Fsp3) is 0.562. The molecule has 112 valence electrons. The maximum atomic E-state index is 11.8. The van der Waals surface area contributed by atoms with Crippen molar-refractivity contribution in [3.05, 3.63) is 35.4 Å². The van der Waals surface area contributed by atoms with Gasteiger partial charge in [0.2, 0.25) is 0 Å². The van der Waals surface area contributed by atoms with Gasteiger partial charge in [-0.2, -0.15) is 0 Å². The molecule has 2 atom stereocenters. The molecule has 0 amide bonds. The molecule has 0 bridgehead atoms. The molecule has 0 radical (unpaired) electrons. The fourth-order valence-corrected chi connectivity index (χ4v) is 1.91. The zero-order valence-electron chi connectivity index (χ0n) is 12.4. The number of carbonyl (C=O) groups is 1. The lowest BCUT2D eigenvalue weighted by Gasteiger charge is -2.14. The van der Waals surface area contributed by atoms with Gasteiger partial charge in [-0.3, -0.25) is 4.79 Å². The third kappa shape index (κ3) is 5.31. The van der Waals surface area contributed by atoms with Crippen LogP contribution in [0.2, 0.25) is 0 Å². The van der Waals surface area contributed by atoms with E-state index < -0.39 is 18.7 Å². The summed E-state index contributed by atoms with van der Waals surface area (Å²) in [6, 6.07) is 7.93. The minimum atomic E-state index is -1.01. The molecule has 1 unspecified atom stereocenters. The normalized spacial score (nSPS) is 14.1. The van der Waals surface area contributed by atoms with Crippen molar-refractivity contribution in [1.29, 1.82) is 0 Å². The number of esters is 1. The molecule has 0 heterocycles. The van der Waals surface area contributed by atoms with Crippen LogP contribution in [0.5, 0.6) is 0 Å². The molecule has 4 heteroatoms. The minimum absolute atomic E-state index is 0.175. The van der Waals surface area contributed by atoms with E-state index in [2.05, 4.69) is 13.8 Å². The molecular weight excluding hydrogens is 256 g/mol. The van der Waals surface area contributed by atoms with Gasteiger partial charge in [-0.15, -0.1) is 0 Å². The molecule has 1 aromatic rings. The van der Waals surface area contributed by atoms with E-state index in [-0.39, 0.29) is 12.5 Å². The van der Waals surface area contributed by atoms with Crippen LogP contribution in [0.4, 0.5) is 0 Å². The molecule has 0 saturated carbocycles. The second-order valence-corrected chi connectivity index (χ2v) is 5.53. The predicted molar refractivity (Wildman–Crippen MR) is 77.5 cm³/mol. The van der Waals surface area contributed by atoms with E-state index in [1.54, 1.807) is 6.92 Å². The van der Waals surface area contributed by atoms with Gasteiger partial charge in [0.05, 0.1) is 12.5 Å². The summed E-state index contributed by atoms with van der Waals surface area (Å²) in [7, 11) is 0. The van der Waals surface area contributed by atoms with Crippen LogP contribution in [0.25, 0.3) is 0 Å². The number of aliphatic hydroxyl groups excluding tert-OH is 2. The van der Waals surface area contributed by atoms with Gasteiger partial charge in [0.15, 0.2) is 0 Å². The third-order valence-electron chi connectivity index (χ3n) is 3.11. The van der Waals surface area contributed by atoms with Crippen LogP contribution in [-0.2, 0) is 16.0 Å². The summed E-state index contributed by atoms with van der Waals surface area (Å²) < 4.78 is 4.96. The lowest BCUT2D eigenvalue weighted by atomic mass is 9.97. The first-order valence-electron chi connectivity index (χ1n) is 6.98. The molecule has 4 nitrogen and oxygen atoms in total. The zero-order valence-corrected chi connectivity index (χ0v) is 12.4. The van der Waals surface area contributed by atoms with Crippen molar-refractivity contribution in [2.24, 2.45) is 5.92 Å². The quantitative estimate of drug-likeness (QED) is 0.748. The Bertz CT molecular complexity index is 411. The highest BCUT2D eigenvalue weighted by Gasteiger charge is 2.18. The molecule has 0 aliphatic heterocycles. The van der Waals surface area contributed by atoms with Crippen molar-refractivity contribution in [2.75, 3.05) is 13.2 Å². The number of aliphatic hydroxyl groups is 2. The number of ether oxygens (including phenoxy) is 1. The highest BCUT2D eigenvalue weighted by molar-refractivity contribution is 5.77. The van der Waals surface area contributed by atoms with Gasteiger partial charge >= 0.3 is 5.97 Å². The van der Waals surface area contributed by atoms with Gasteiger partial charge in [-0.1, -0.05) is 38.1 Å². The molecule has 0 fully saturated rings. The second-order valence-electron chi connectivity index (χ2n) is 5.53. The summed E-state index contributed by atoms with van der Waals surface area (Å²) in [6.07, 6.45) is 0.00139. The van der Waals surface area contributed by atoms with E-state index in [0.29, 0.717) is 5.92 Å². The SMILES string of the molecule is CC(C)Cc1ccc([C@H](C)C(=O)OCC(O)CO)cc1.